The standard InChI is InChI=1S/C15H13N3O2S/c16-11-13-6-1-3-7-14(13)17-21(19,20)18-10-9-12-5-2-4-8-15(12)18/h1-8,17H,9-10H2. The molecule has 1 aliphatic heterocycles. The molecule has 1 heterocycles. The molecule has 1 N–H and O–H groups in total. The Hall–Kier alpha value is -2.52. The van der Waals surface area contributed by atoms with Crippen LogP contribution in [0.4, 0.5) is 11.4 Å². The molecule has 0 saturated heterocycles. The third kappa shape index (κ3) is 2.43. The van der Waals surface area contributed by atoms with Crippen LogP contribution in [0.25, 0.3) is 0 Å². The molecule has 6 heteroatoms. The summed E-state index contributed by atoms with van der Waals surface area (Å²) in [7, 11) is -3.73. The lowest BCUT2D eigenvalue weighted by Gasteiger charge is -2.20. The Morgan fingerprint density at radius 1 is 1.10 bits per heavy atom. The molecule has 0 unspecified atom stereocenters. The van der Waals surface area contributed by atoms with Gasteiger partial charge in [-0.2, -0.15) is 13.7 Å². The summed E-state index contributed by atoms with van der Waals surface area (Å²) in [6.45, 7) is 0.406. The molecule has 5 nitrogen and oxygen atoms in total. The lowest BCUT2D eigenvalue weighted by molar-refractivity contribution is 0.597. The summed E-state index contributed by atoms with van der Waals surface area (Å²) in [5.74, 6) is 0. The number of nitrogens with one attached hydrogen (secondary N) is 1. The highest BCUT2D eigenvalue weighted by Crippen LogP contribution is 2.30. The smallest absolute Gasteiger partial charge is 0.265 e. The van der Waals surface area contributed by atoms with E-state index in [1.807, 2.05) is 24.3 Å². The van der Waals surface area contributed by atoms with Crippen molar-refractivity contribution in [2.45, 2.75) is 6.42 Å². The van der Waals surface area contributed by atoms with Crippen LogP contribution in [0.3, 0.4) is 0 Å². The first-order valence-electron chi connectivity index (χ1n) is 6.49. The van der Waals surface area contributed by atoms with Gasteiger partial charge in [0.15, 0.2) is 0 Å². The van der Waals surface area contributed by atoms with Crippen LogP contribution in [-0.2, 0) is 16.6 Å². The zero-order valence-electron chi connectivity index (χ0n) is 11.2. The zero-order chi connectivity index (χ0) is 14.9. The van der Waals surface area contributed by atoms with Crippen LogP contribution in [0.15, 0.2) is 48.5 Å². The summed E-state index contributed by atoms with van der Waals surface area (Å²) < 4.78 is 28.9. The van der Waals surface area contributed by atoms with Crippen LogP contribution in [-0.4, -0.2) is 15.0 Å². The van der Waals surface area contributed by atoms with E-state index in [0.717, 1.165) is 5.56 Å². The van der Waals surface area contributed by atoms with Gasteiger partial charge < -0.3 is 0 Å². The maximum absolute atomic E-state index is 12.5. The van der Waals surface area contributed by atoms with Gasteiger partial charge in [-0.15, -0.1) is 0 Å². The van der Waals surface area contributed by atoms with Crippen LogP contribution >= 0.6 is 0 Å². The third-order valence-corrected chi connectivity index (χ3v) is 4.86. The van der Waals surface area contributed by atoms with Crippen LogP contribution in [0.2, 0.25) is 0 Å². The SMILES string of the molecule is N#Cc1ccccc1NS(=O)(=O)N1CCc2ccccc21. The van der Waals surface area contributed by atoms with Crippen molar-refractivity contribution in [2.75, 3.05) is 15.6 Å². The predicted octanol–water partition coefficient (Wildman–Crippen LogP) is 2.28. The molecular weight excluding hydrogens is 286 g/mol. The summed E-state index contributed by atoms with van der Waals surface area (Å²) in [5, 5.41) is 9.04. The largest absolute Gasteiger partial charge is 0.324 e. The molecule has 0 atom stereocenters. The number of nitrogens with zero attached hydrogens (tertiary/aromatic N) is 2. The first-order valence-corrected chi connectivity index (χ1v) is 7.93. The van der Waals surface area contributed by atoms with Crippen LogP contribution in [0.1, 0.15) is 11.1 Å². The average molecular weight is 299 g/mol. The van der Waals surface area contributed by atoms with E-state index < -0.39 is 10.2 Å². The molecule has 3 rings (SSSR count). The fraction of sp³-hybridized carbons (Fsp3) is 0.133. The van der Waals surface area contributed by atoms with E-state index in [1.165, 1.54) is 4.31 Å². The van der Waals surface area contributed by atoms with E-state index in [0.29, 0.717) is 29.9 Å². The summed E-state index contributed by atoms with van der Waals surface area (Å²) >= 11 is 0. The zero-order valence-corrected chi connectivity index (χ0v) is 12.0. The van der Waals surface area contributed by atoms with Crippen molar-refractivity contribution in [1.82, 2.24) is 0 Å². The number of benzene rings is 2. The summed E-state index contributed by atoms with van der Waals surface area (Å²) in [5.41, 5.74) is 2.30. The minimum Gasteiger partial charge on any atom is -0.265 e. The second-order valence-corrected chi connectivity index (χ2v) is 6.31. The maximum Gasteiger partial charge on any atom is 0.324 e. The van der Waals surface area contributed by atoms with Crippen LogP contribution in [0.5, 0.6) is 0 Å². The molecule has 0 radical (unpaired) electrons. The van der Waals surface area contributed by atoms with E-state index in [-0.39, 0.29) is 0 Å². The van der Waals surface area contributed by atoms with Gasteiger partial charge in [-0.1, -0.05) is 30.3 Å². The van der Waals surface area contributed by atoms with Gasteiger partial charge in [-0.3, -0.25) is 9.03 Å². The summed E-state index contributed by atoms with van der Waals surface area (Å²) in [4.78, 5) is 0. The molecule has 0 bridgehead atoms. The number of anilines is 2. The molecule has 0 fully saturated rings. The number of nitriles is 1. The molecule has 0 aromatic heterocycles. The van der Waals surface area contributed by atoms with Gasteiger partial charge in [0.1, 0.15) is 6.07 Å². The molecule has 21 heavy (non-hydrogen) atoms. The Morgan fingerprint density at radius 2 is 1.81 bits per heavy atom. The van der Waals surface area contributed by atoms with Crippen molar-refractivity contribution in [2.24, 2.45) is 0 Å². The molecule has 106 valence electrons. The average Bonchev–Trinajstić information content (AvgIpc) is 2.92. The number of para-hydroxylation sites is 2. The van der Waals surface area contributed by atoms with E-state index >= 15 is 0 Å². The van der Waals surface area contributed by atoms with Crippen molar-refractivity contribution in [1.29, 1.82) is 5.26 Å². The quantitative estimate of drug-likeness (QED) is 0.945. The molecule has 0 saturated carbocycles. The topological polar surface area (TPSA) is 73.2 Å². The second-order valence-electron chi connectivity index (χ2n) is 4.72. The van der Waals surface area contributed by atoms with E-state index in [2.05, 4.69) is 4.72 Å². The Labute approximate surface area is 123 Å². The fourth-order valence-corrected chi connectivity index (χ4v) is 3.76. The second kappa shape index (κ2) is 5.11. The van der Waals surface area contributed by atoms with E-state index in [4.69, 9.17) is 5.26 Å². The molecule has 0 spiro atoms. The molecule has 2 aromatic rings. The maximum atomic E-state index is 12.5. The molecule has 2 aromatic carbocycles. The van der Waals surface area contributed by atoms with Gasteiger partial charge in [0.25, 0.3) is 0 Å². The van der Waals surface area contributed by atoms with Gasteiger partial charge in [0, 0.05) is 6.54 Å². The first kappa shape index (κ1) is 13.5. The lowest BCUT2D eigenvalue weighted by atomic mass is 10.2. The number of hydrogen-bond donors (Lipinski definition) is 1. The fourth-order valence-electron chi connectivity index (χ4n) is 2.42. The van der Waals surface area contributed by atoms with Crippen LogP contribution in [0, 0.1) is 11.3 Å². The lowest BCUT2D eigenvalue weighted by Crippen LogP contribution is -2.34. The first-order chi connectivity index (χ1) is 10.1. The Bertz CT molecular complexity index is 825. The highest BCUT2D eigenvalue weighted by Gasteiger charge is 2.29. The minimum atomic E-state index is -3.73. The molecule has 0 aliphatic carbocycles. The Kier molecular flexibility index (Phi) is 3.28. The highest BCUT2D eigenvalue weighted by atomic mass is 32.2. The summed E-state index contributed by atoms with van der Waals surface area (Å²) in [6.07, 6.45) is 0.691. The Morgan fingerprint density at radius 3 is 2.62 bits per heavy atom. The van der Waals surface area contributed by atoms with Crippen molar-refractivity contribution in [3.63, 3.8) is 0 Å². The van der Waals surface area contributed by atoms with E-state index in [9.17, 15) is 8.42 Å². The number of rotatable bonds is 3. The van der Waals surface area contributed by atoms with Crippen molar-refractivity contribution < 1.29 is 8.42 Å². The summed E-state index contributed by atoms with van der Waals surface area (Å²) in [6, 6.07) is 16.0. The number of fused-ring (bicyclic) bond motifs is 1. The highest BCUT2D eigenvalue weighted by molar-refractivity contribution is 7.94. The van der Waals surface area contributed by atoms with Crippen molar-refractivity contribution in [3.05, 3.63) is 59.7 Å². The normalized spacial score (nSPS) is 13.6. The molecule has 0 amide bonds. The number of hydrogen-bond acceptors (Lipinski definition) is 3. The Balaban J connectivity index is 1.95. The molecular formula is C15H13N3O2S. The monoisotopic (exact) mass is 299 g/mol. The van der Waals surface area contributed by atoms with Gasteiger partial charge >= 0.3 is 10.2 Å². The van der Waals surface area contributed by atoms with Gasteiger partial charge in [-0.25, -0.2) is 0 Å². The third-order valence-electron chi connectivity index (χ3n) is 3.42. The van der Waals surface area contributed by atoms with E-state index in [1.54, 1.807) is 30.3 Å². The van der Waals surface area contributed by atoms with Crippen molar-refractivity contribution >= 4 is 21.6 Å². The molecule has 1 aliphatic rings. The van der Waals surface area contributed by atoms with Gasteiger partial charge in [0.05, 0.1) is 16.9 Å². The van der Waals surface area contributed by atoms with Gasteiger partial charge in [0.2, 0.25) is 0 Å². The van der Waals surface area contributed by atoms with Crippen molar-refractivity contribution in [3.8, 4) is 6.07 Å². The predicted molar refractivity (Wildman–Crippen MR) is 81.2 cm³/mol. The van der Waals surface area contributed by atoms with Gasteiger partial charge in [-0.05, 0) is 30.2 Å². The van der Waals surface area contributed by atoms with Crippen LogP contribution < -0.4 is 9.03 Å². The minimum absolute atomic E-state index is 0.296.